The Kier molecular flexibility index (Phi) is 5.17. The van der Waals surface area contributed by atoms with Gasteiger partial charge in [-0.15, -0.1) is 0 Å². The van der Waals surface area contributed by atoms with Gasteiger partial charge in [0.25, 0.3) is 0 Å². The second-order valence-electron chi connectivity index (χ2n) is 5.80. The van der Waals surface area contributed by atoms with Crippen LogP contribution in [-0.2, 0) is 6.42 Å². The van der Waals surface area contributed by atoms with Crippen LogP contribution in [0.1, 0.15) is 35.8 Å². The van der Waals surface area contributed by atoms with Crippen LogP contribution in [0.5, 0.6) is 0 Å². The molecule has 0 aliphatic carbocycles. The molecular formula is C21H22N2. The molecule has 0 saturated carbocycles. The zero-order chi connectivity index (χ0) is 15.9. The van der Waals surface area contributed by atoms with Crippen molar-refractivity contribution in [2.75, 3.05) is 0 Å². The highest BCUT2D eigenvalue weighted by atomic mass is 15.0. The van der Waals surface area contributed by atoms with Gasteiger partial charge in [-0.25, -0.2) is 0 Å². The summed E-state index contributed by atoms with van der Waals surface area (Å²) in [6, 6.07) is 27.7. The summed E-state index contributed by atoms with van der Waals surface area (Å²) in [5.41, 5.74) is 3.69. The molecule has 0 aliphatic rings. The van der Waals surface area contributed by atoms with Crippen LogP contribution in [0.15, 0.2) is 85.1 Å². The minimum Gasteiger partial charge on any atom is -0.302 e. The summed E-state index contributed by atoms with van der Waals surface area (Å²) in [4.78, 5) is 4.56. The summed E-state index contributed by atoms with van der Waals surface area (Å²) in [5, 5.41) is 3.74. The number of hydrogen-bond acceptors (Lipinski definition) is 2. The van der Waals surface area contributed by atoms with Gasteiger partial charge in [-0.05, 0) is 36.6 Å². The van der Waals surface area contributed by atoms with Gasteiger partial charge in [0.05, 0.1) is 11.7 Å². The van der Waals surface area contributed by atoms with E-state index >= 15 is 0 Å². The molecule has 0 unspecified atom stereocenters. The molecule has 0 bridgehead atoms. The maximum Gasteiger partial charge on any atom is 0.0576 e. The highest BCUT2D eigenvalue weighted by molar-refractivity contribution is 5.22. The summed E-state index contributed by atoms with van der Waals surface area (Å²) in [6.07, 6.45) is 2.79. The maximum atomic E-state index is 4.56. The standard InChI is InChI=1S/C21H22N2/c1-17(19-12-6-3-7-13-19)23-21(20-14-8-9-15-22-20)16-18-10-4-2-5-11-18/h2-15,17,21,23H,16H2,1H3/t17-,21+/m1/s1. The summed E-state index contributed by atoms with van der Waals surface area (Å²) < 4.78 is 0. The first-order chi connectivity index (χ1) is 11.3. The van der Waals surface area contributed by atoms with Crippen molar-refractivity contribution in [1.82, 2.24) is 10.3 Å². The first kappa shape index (κ1) is 15.4. The Bertz CT molecular complexity index is 696. The predicted octanol–water partition coefficient (Wildman–Crippen LogP) is 4.72. The largest absolute Gasteiger partial charge is 0.302 e. The van der Waals surface area contributed by atoms with E-state index < -0.39 is 0 Å². The lowest BCUT2D eigenvalue weighted by molar-refractivity contribution is 0.456. The van der Waals surface area contributed by atoms with Crippen LogP contribution in [0.2, 0.25) is 0 Å². The van der Waals surface area contributed by atoms with E-state index in [2.05, 4.69) is 90.0 Å². The molecule has 116 valence electrons. The molecular weight excluding hydrogens is 280 g/mol. The van der Waals surface area contributed by atoms with Gasteiger partial charge in [-0.2, -0.15) is 0 Å². The molecule has 3 aromatic rings. The van der Waals surface area contributed by atoms with Crippen molar-refractivity contribution in [3.8, 4) is 0 Å². The van der Waals surface area contributed by atoms with Gasteiger partial charge in [0.15, 0.2) is 0 Å². The summed E-state index contributed by atoms with van der Waals surface area (Å²) in [6.45, 7) is 2.20. The molecule has 0 radical (unpaired) electrons. The van der Waals surface area contributed by atoms with Crippen LogP contribution in [0.3, 0.4) is 0 Å². The Morgan fingerprint density at radius 2 is 1.48 bits per heavy atom. The Labute approximate surface area is 138 Å². The van der Waals surface area contributed by atoms with E-state index in [9.17, 15) is 0 Å². The van der Waals surface area contributed by atoms with Gasteiger partial charge >= 0.3 is 0 Å². The minimum absolute atomic E-state index is 0.189. The van der Waals surface area contributed by atoms with Crippen LogP contribution in [0.25, 0.3) is 0 Å². The molecule has 1 heterocycles. The van der Waals surface area contributed by atoms with Gasteiger partial charge < -0.3 is 5.32 Å². The molecule has 2 atom stereocenters. The maximum absolute atomic E-state index is 4.56. The Morgan fingerprint density at radius 1 is 0.826 bits per heavy atom. The molecule has 2 heteroatoms. The number of aromatic nitrogens is 1. The van der Waals surface area contributed by atoms with Gasteiger partial charge in [-0.1, -0.05) is 66.7 Å². The van der Waals surface area contributed by atoms with Crippen LogP contribution in [0.4, 0.5) is 0 Å². The van der Waals surface area contributed by atoms with E-state index in [1.165, 1.54) is 11.1 Å². The van der Waals surface area contributed by atoms with E-state index in [0.29, 0.717) is 0 Å². The highest BCUT2D eigenvalue weighted by Gasteiger charge is 2.16. The highest BCUT2D eigenvalue weighted by Crippen LogP contribution is 2.21. The molecule has 0 aliphatic heterocycles. The molecule has 0 saturated heterocycles. The van der Waals surface area contributed by atoms with Crippen molar-refractivity contribution in [2.24, 2.45) is 0 Å². The van der Waals surface area contributed by atoms with E-state index in [1.807, 2.05) is 12.3 Å². The van der Waals surface area contributed by atoms with Crippen LogP contribution < -0.4 is 5.32 Å². The van der Waals surface area contributed by atoms with E-state index in [0.717, 1.165) is 12.1 Å². The van der Waals surface area contributed by atoms with Crippen molar-refractivity contribution in [3.63, 3.8) is 0 Å². The molecule has 23 heavy (non-hydrogen) atoms. The normalized spacial score (nSPS) is 13.4. The summed E-state index contributed by atoms with van der Waals surface area (Å²) in [5.74, 6) is 0. The molecule has 3 rings (SSSR count). The third kappa shape index (κ3) is 4.27. The summed E-state index contributed by atoms with van der Waals surface area (Å²) >= 11 is 0. The lowest BCUT2D eigenvalue weighted by Gasteiger charge is -2.23. The van der Waals surface area contributed by atoms with Gasteiger partial charge in [0, 0.05) is 12.2 Å². The first-order valence-corrected chi connectivity index (χ1v) is 8.09. The Balaban J connectivity index is 1.81. The average molecular weight is 302 g/mol. The SMILES string of the molecule is C[C@@H](N[C@@H](Cc1ccccc1)c1ccccn1)c1ccccc1. The van der Waals surface area contributed by atoms with Crippen LogP contribution >= 0.6 is 0 Å². The molecule has 1 N–H and O–H groups in total. The fourth-order valence-corrected chi connectivity index (χ4v) is 2.82. The monoisotopic (exact) mass is 302 g/mol. The zero-order valence-corrected chi connectivity index (χ0v) is 13.4. The van der Waals surface area contributed by atoms with E-state index in [-0.39, 0.29) is 12.1 Å². The number of nitrogens with one attached hydrogen (secondary N) is 1. The van der Waals surface area contributed by atoms with Crippen molar-refractivity contribution in [2.45, 2.75) is 25.4 Å². The van der Waals surface area contributed by atoms with E-state index in [1.54, 1.807) is 0 Å². The molecule has 0 fully saturated rings. The van der Waals surface area contributed by atoms with Crippen molar-refractivity contribution < 1.29 is 0 Å². The Hall–Kier alpha value is -2.45. The van der Waals surface area contributed by atoms with Gasteiger partial charge in [-0.3, -0.25) is 4.98 Å². The number of hydrogen-bond donors (Lipinski definition) is 1. The second-order valence-corrected chi connectivity index (χ2v) is 5.80. The van der Waals surface area contributed by atoms with E-state index in [4.69, 9.17) is 0 Å². The molecule has 2 aromatic carbocycles. The predicted molar refractivity (Wildman–Crippen MR) is 95.1 cm³/mol. The average Bonchev–Trinajstić information content (AvgIpc) is 2.63. The number of pyridine rings is 1. The molecule has 1 aromatic heterocycles. The number of rotatable bonds is 6. The fourth-order valence-electron chi connectivity index (χ4n) is 2.82. The van der Waals surface area contributed by atoms with Gasteiger partial charge in [0.1, 0.15) is 0 Å². The first-order valence-electron chi connectivity index (χ1n) is 8.09. The minimum atomic E-state index is 0.189. The summed E-state index contributed by atoms with van der Waals surface area (Å²) in [7, 11) is 0. The quantitative estimate of drug-likeness (QED) is 0.713. The third-order valence-electron chi connectivity index (χ3n) is 4.08. The molecule has 0 spiro atoms. The van der Waals surface area contributed by atoms with Crippen molar-refractivity contribution >= 4 is 0 Å². The third-order valence-corrected chi connectivity index (χ3v) is 4.08. The topological polar surface area (TPSA) is 24.9 Å². The number of benzene rings is 2. The molecule has 0 amide bonds. The Morgan fingerprint density at radius 3 is 2.13 bits per heavy atom. The van der Waals surface area contributed by atoms with Crippen molar-refractivity contribution in [1.29, 1.82) is 0 Å². The lowest BCUT2D eigenvalue weighted by Crippen LogP contribution is -2.27. The van der Waals surface area contributed by atoms with Crippen molar-refractivity contribution in [3.05, 3.63) is 102 Å². The zero-order valence-electron chi connectivity index (χ0n) is 13.4. The fraction of sp³-hybridized carbons (Fsp3) is 0.190. The van der Waals surface area contributed by atoms with Crippen LogP contribution in [0, 0.1) is 0 Å². The molecule has 2 nitrogen and oxygen atoms in total. The van der Waals surface area contributed by atoms with Gasteiger partial charge in [0.2, 0.25) is 0 Å². The number of nitrogens with zero attached hydrogens (tertiary/aromatic N) is 1. The second kappa shape index (κ2) is 7.70. The lowest BCUT2D eigenvalue weighted by atomic mass is 10.00. The van der Waals surface area contributed by atoms with Crippen LogP contribution in [-0.4, -0.2) is 4.98 Å². The smallest absolute Gasteiger partial charge is 0.0576 e.